The summed E-state index contributed by atoms with van der Waals surface area (Å²) in [6.45, 7) is 0.115. The number of methoxy groups -OCH3 is 1. The number of nitrogens with one attached hydrogen (secondary N) is 1. The molecule has 4 rings (SSSR count). The van der Waals surface area contributed by atoms with Crippen LogP contribution in [-0.4, -0.2) is 41.9 Å². The number of alkyl carbamates (subject to hydrolysis) is 1. The van der Waals surface area contributed by atoms with Crippen molar-refractivity contribution in [3.8, 4) is 17.0 Å². The van der Waals surface area contributed by atoms with Crippen molar-refractivity contribution in [1.82, 2.24) is 10.3 Å². The second-order valence-electron chi connectivity index (χ2n) is 7.24. The van der Waals surface area contributed by atoms with Crippen LogP contribution in [-0.2, 0) is 16.0 Å². The normalized spacial score (nSPS) is 13.1. The Bertz CT molecular complexity index is 1070. The van der Waals surface area contributed by atoms with Crippen molar-refractivity contribution in [3.05, 3.63) is 83.6 Å². The van der Waals surface area contributed by atoms with E-state index in [1.54, 1.807) is 18.2 Å². The number of carbonyl (C=O) groups excluding carboxylic acids is 1. The molecule has 0 spiro atoms. The number of nitrogens with zero attached hydrogens (tertiary/aromatic N) is 1. The molecule has 3 aromatic rings. The van der Waals surface area contributed by atoms with Gasteiger partial charge in [0, 0.05) is 24.1 Å². The van der Waals surface area contributed by atoms with E-state index in [2.05, 4.69) is 22.4 Å². The lowest BCUT2D eigenvalue weighted by atomic mass is 9.98. The zero-order valence-electron chi connectivity index (χ0n) is 16.9. The Balaban J connectivity index is 1.43. The molecule has 1 aliphatic rings. The molecule has 1 aliphatic carbocycles. The van der Waals surface area contributed by atoms with Gasteiger partial charge in [0.25, 0.3) is 0 Å². The lowest BCUT2D eigenvalue weighted by molar-refractivity contribution is -0.139. The Labute approximate surface area is 179 Å². The third-order valence-electron chi connectivity index (χ3n) is 5.34. The molecule has 7 nitrogen and oxygen atoms in total. The molecule has 0 saturated heterocycles. The van der Waals surface area contributed by atoms with Gasteiger partial charge in [-0.25, -0.2) is 14.6 Å². The van der Waals surface area contributed by atoms with Gasteiger partial charge in [-0.3, -0.25) is 0 Å². The van der Waals surface area contributed by atoms with Gasteiger partial charge in [0.1, 0.15) is 12.6 Å². The Kier molecular flexibility index (Phi) is 5.84. The highest BCUT2D eigenvalue weighted by Gasteiger charge is 2.29. The summed E-state index contributed by atoms with van der Waals surface area (Å²) in [5, 5.41) is 12.0. The molecule has 0 saturated carbocycles. The molecule has 158 valence electrons. The SMILES string of the molecule is COc1cccc(CC(NC(=O)OCC2c3ccccc3-c3ccccc32)C(=O)O)n1. The molecule has 1 unspecified atom stereocenters. The average Bonchev–Trinajstić information content (AvgIpc) is 3.11. The molecular formula is C24H22N2O5. The summed E-state index contributed by atoms with van der Waals surface area (Å²) in [5.41, 5.74) is 4.92. The number of rotatable bonds is 7. The minimum Gasteiger partial charge on any atom is -0.481 e. The van der Waals surface area contributed by atoms with E-state index in [0.717, 1.165) is 22.3 Å². The lowest BCUT2D eigenvalue weighted by Crippen LogP contribution is -2.43. The molecule has 2 N–H and O–H groups in total. The fourth-order valence-electron chi connectivity index (χ4n) is 3.88. The van der Waals surface area contributed by atoms with Crippen molar-refractivity contribution < 1.29 is 24.2 Å². The Morgan fingerprint density at radius 3 is 2.26 bits per heavy atom. The maximum Gasteiger partial charge on any atom is 0.407 e. The smallest absolute Gasteiger partial charge is 0.407 e. The van der Waals surface area contributed by atoms with Crippen molar-refractivity contribution in [2.75, 3.05) is 13.7 Å². The number of carbonyl (C=O) groups is 2. The first-order chi connectivity index (χ1) is 15.1. The van der Waals surface area contributed by atoms with E-state index >= 15 is 0 Å². The summed E-state index contributed by atoms with van der Waals surface area (Å²) in [6, 6.07) is 19.9. The number of carboxylic acids is 1. The minimum atomic E-state index is -1.17. The predicted octanol–water partition coefficient (Wildman–Crippen LogP) is 3.62. The largest absolute Gasteiger partial charge is 0.481 e. The predicted molar refractivity (Wildman–Crippen MR) is 114 cm³/mol. The van der Waals surface area contributed by atoms with Gasteiger partial charge in [-0.15, -0.1) is 0 Å². The molecule has 7 heteroatoms. The number of fused-ring (bicyclic) bond motifs is 3. The van der Waals surface area contributed by atoms with E-state index in [-0.39, 0.29) is 18.9 Å². The monoisotopic (exact) mass is 418 g/mol. The number of ether oxygens (including phenoxy) is 2. The van der Waals surface area contributed by atoms with Crippen LogP contribution in [0, 0.1) is 0 Å². The zero-order chi connectivity index (χ0) is 21.8. The Morgan fingerprint density at radius 1 is 1.00 bits per heavy atom. The van der Waals surface area contributed by atoms with Crippen molar-refractivity contribution in [1.29, 1.82) is 0 Å². The summed E-state index contributed by atoms with van der Waals surface area (Å²) in [4.78, 5) is 28.3. The Morgan fingerprint density at radius 2 is 1.65 bits per heavy atom. The molecule has 1 amide bonds. The maximum absolute atomic E-state index is 12.4. The van der Waals surface area contributed by atoms with E-state index in [4.69, 9.17) is 9.47 Å². The summed E-state index contributed by atoms with van der Waals surface area (Å²) < 4.78 is 10.5. The average molecular weight is 418 g/mol. The van der Waals surface area contributed by atoms with Gasteiger partial charge in [-0.05, 0) is 28.3 Å². The van der Waals surface area contributed by atoms with Crippen molar-refractivity contribution in [2.24, 2.45) is 0 Å². The second-order valence-corrected chi connectivity index (χ2v) is 7.24. The quantitative estimate of drug-likeness (QED) is 0.608. The zero-order valence-corrected chi connectivity index (χ0v) is 16.9. The summed E-state index contributed by atoms with van der Waals surface area (Å²) in [7, 11) is 1.48. The minimum absolute atomic E-state index is 0.0106. The van der Waals surface area contributed by atoms with Gasteiger partial charge in [0.05, 0.1) is 7.11 Å². The molecule has 2 aromatic carbocycles. The first-order valence-corrected chi connectivity index (χ1v) is 9.91. The molecule has 0 bridgehead atoms. The summed E-state index contributed by atoms with van der Waals surface area (Å²) in [5.74, 6) is -0.887. The van der Waals surface area contributed by atoms with Crippen LogP contribution < -0.4 is 10.1 Å². The number of aliphatic carboxylic acids is 1. The van der Waals surface area contributed by atoms with Crippen LogP contribution in [0.15, 0.2) is 66.7 Å². The van der Waals surface area contributed by atoms with E-state index < -0.39 is 18.1 Å². The number of aromatic nitrogens is 1. The number of benzene rings is 2. The van der Waals surface area contributed by atoms with Crippen LogP contribution in [0.1, 0.15) is 22.7 Å². The number of pyridine rings is 1. The Hall–Kier alpha value is -3.87. The van der Waals surface area contributed by atoms with Crippen LogP contribution in [0.4, 0.5) is 4.79 Å². The van der Waals surface area contributed by atoms with Gasteiger partial charge in [0.15, 0.2) is 0 Å². The molecule has 1 heterocycles. The molecule has 1 atom stereocenters. The standard InChI is InChI=1S/C24H22N2O5/c1-30-22-12-6-7-15(25-22)13-21(23(27)28)26-24(29)31-14-20-18-10-4-2-8-16(18)17-9-3-5-11-19(17)20/h2-12,20-21H,13-14H2,1H3,(H,26,29)(H,27,28). The van der Waals surface area contributed by atoms with E-state index in [0.29, 0.717) is 11.6 Å². The third-order valence-corrected chi connectivity index (χ3v) is 5.34. The van der Waals surface area contributed by atoms with Gasteiger partial charge in [-0.2, -0.15) is 0 Å². The highest BCUT2D eigenvalue weighted by Crippen LogP contribution is 2.44. The fraction of sp³-hybridized carbons (Fsp3) is 0.208. The van der Waals surface area contributed by atoms with Crippen LogP contribution >= 0.6 is 0 Å². The van der Waals surface area contributed by atoms with Crippen LogP contribution in [0.3, 0.4) is 0 Å². The highest BCUT2D eigenvalue weighted by molar-refractivity contribution is 5.81. The number of hydrogen-bond donors (Lipinski definition) is 2. The summed E-state index contributed by atoms with van der Waals surface area (Å²) >= 11 is 0. The third kappa shape index (κ3) is 4.35. The van der Waals surface area contributed by atoms with E-state index in [1.165, 1.54) is 7.11 Å². The van der Waals surface area contributed by atoms with Crippen LogP contribution in [0.25, 0.3) is 11.1 Å². The first-order valence-electron chi connectivity index (χ1n) is 9.91. The van der Waals surface area contributed by atoms with Gasteiger partial charge < -0.3 is 19.9 Å². The van der Waals surface area contributed by atoms with Gasteiger partial charge in [-0.1, -0.05) is 54.6 Å². The molecule has 0 fully saturated rings. The number of amides is 1. The maximum atomic E-state index is 12.4. The highest BCUT2D eigenvalue weighted by atomic mass is 16.5. The summed E-state index contributed by atoms with van der Waals surface area (Å²) in [6.07, 6.45) is -0.770. The number of carboxylic acid groups (broad SMARTS) is 1. The molecule has 1 aromatic heterocycles. The van der Waals surface area contributed by atoms with Crippen molar-refractivity contribution in [2.45, 2.75) is 18.4 Å². The van der Waals surface area contributed by atoms with Crippen LogP contribution in [0.2, 0.25) is 0 Å². The van der Waals surface area contributed by atoms with Gasteiger partial charge in [0.2, 0.25) is 5.88 Å². The molecule has 31 heavy (non-hydrogen) atoms. The topological polar surface area (TPSA) is 97.8 Å². The van der Waals surface area contributed by atoms with Crippen LogP contribution in [0.5, 0.6) is 5.88 Å². The van der Waals surface area contributed by atoms with Gasteiger partial charge >= 0.3 is 12.1 Å². The number of hydrogen-bond acceptors (Lipinski definition) is 5. The molecular weight excluding hydrogens is 396 g/mol. The van der Waals surface area contributed by atoms with E-state index in [1.807, 2.05) is 36.4 Å². The van der Waals surface area contributed by atoms with Crippen molar-refractivity contribution in [3.63, 3.8) is 0 Å². The lowest BCUT2D eigenvalue weighted by Gasteiger charge is -2.17. The van der Waals surface area contributed by atoms with Crippen molar-refractivity contribution >= 4 is 12.1 Å². The molecule has 0 radical (unpaired) electrons. The first kappa shape index (κ1) is 20.4. The second kappa shape index (κ2) is 8.87. The fourth-order valence-corrected chi connectivity index (χ4v) is 3.88. The van der Waals surface area contributed by atoms with E-state index in [9.17, 15) is 14.7 Å². The molecule has 0 aliphatic heterocycles.